The Labute approximate surface area is 371 Å². The first-order valence-corrected chi connectivity index (χ1v) is 21.2. The van der Waals surface area contributed by atoms with Crippen LogP contribution in [0.25, 0.3) is 0 Å². The first-order chi connectivity index (χ1) is 30.9. The third-order valence-corrected chi connectivity index (χ3v) is 11.3. The van der Waals surface area contributed by atoms with E-state index in [0.717, 1.165) is 25.7 Å². The average Bonchev–Trinajstić information content (AvgIpc) is 3.31. The van der Waals surface area contributed by atoms with Gasteiger partial charge in [0.2, 0.25) is 11.8 Å². The number of nitrogens with two attached hydrogens (primary N) is 1. The smallest absolute Gasteiger partial charge is 0.309 e. The number of esters is 1. The quantitative estimate of drug-likeness (QED) is 0.0427. The summed E-state index contributed by atoms with van der Waals surface area (Å²) >= 11 is 0. The highest BCUT2D eigenvalue weighted by Crippen LogP contribution is 2.34. The second-order valence-electron chi connectivity index (χ2n) is 15.7. The number of rotatable bonds is 13. The molecule has 2 saturated carbocycles. The van der Waals surface area contributed by atoms with Crippen LogP contribution in [0.4, 0.5) is 22.7 Å². The van der Waals surface area contributed by atoms with E-state index in [4.69, 9.17) is 19.9 Å². The minimum atomic E-state index is -0.892. The van der Waals surface area contributed by atoms with E-state index in [2.05, 4.69) is 16.0 Å². The molecule has 4 unspecified atom stereocenters. The third-order valence-electron chi connectivity index (χ3n) is 11.3. The summed E-state index contributed by atoms with van der Waals surface area (Å²) in [7, 11) is 1.35. The first kappa shape index (κ1) is 46.0. The fraction of sp³-hybridized carbons (Fsp3) is 0.280. The summed E-state index contributed by atoms with van der Waals surface area (Å²) in [6.07, 6.45) is 6.05. The second-order valence-corrected chi connectivity index (χ2v) is 15.7. The summed E-state index contributed by atoms with van der Waals surface area (Å²) < 4.78 is 16.5. The maximum atomic E-state index is 12.8. The number of hydrogen-bond acceptors (Lipinski definition) is 10. The lowest BCUT2D eigenvalue weighted by Crippen LogP contribution is -2.36. The molecule has 0 aromatic heterocycles. The summed E-state index contributed by atoms with van der Waals surface area (Å²) in [5.74, 6) is -1.64. The number of benzene rings is 5. The SMILES string of the molecule is COC(=O)C1CCCCC1C(=O)Nc1ccc(Oc2ccc(NC(=O)c3ccccc3C(C)=O)cc2)cc1.Nc1ccc(Oc2ccc(NC(=O)C3CCCCC3C(=O)O)cc2)cc1. The number of methoxy groups -OCH3 is 1. The lowest BCUT2D eigenvalue weighted by molar-refractivity contribution is -0.151. The van der Waals surface area contributed by atoms with Crippen LogP contribution in [-0.4, -0.2) is 47.7 Å². The lowest BCUT2D eigenvalue weighted by Gasteiger charge is -2.28. The van der Waals surface area contributed by atoms with E-state index in [9.17, 15) is 33.9 Å². The van der Waals surface area contributed by atoms with E-state index in [0.29, 0.717) is 82.6 Å². The maximum absolute atomic E-state index is 12.8. The molecular formula is C50H52N4O10. The van der Waals surface area contributed by atoms with E-state index in [1.54, 1.807) is 121 Å². The highest BCUT2D eigenvalue weighted by Gasteiger charge is 2.37. The number of ether oxygens (including phenoxy) is 3. The number of amides is 3. The zero-order chi connectivity index (χ0) is 45.6. The zero-order valence-corrected chi connectivity index (χ0v) is 35.7. The van der Waals surface area contributed by atoms with Gasteiger partial charge in [0.1, 0.15) is 23.0 Å². The Morgan fingerprint density at radius 3 is 1.31 bits per heavy atom. The van der Waals surface area contributed by atoms with Crippen LogP contribution in [0.1, 0.15) is 79.0 Å². The molecule has 5 aromatic rings. The molecule has 0 saturated heterocycles. The van der Waals surface area contributed by atoms with Gasteiger partial charge in [0.25, 0.3) is 5.91 Å². The van der Waals surface area contributed by atoms with Gasteiger partial charge in [-0.2, -0.15) is 0 Å². The van der Waals surface area contributed by atoms with Crippen molar-refractivity contribution in [3.05, 3.63) is 132 Å². The van der Waals surface area contributed by atoms with Crippen LogP contribution in [0.15, 0.2) is 121 Å². The van der Waals surface area contributed by atoms with Gasteiger partial charge in [-0.15, -0.1) is 0 Å². The van der Waals surface area contributed by atoms with E-state index < -0.39 is 29.6 Å². The molecule has 332 valence electrons. The standard InChI is InChI=1S/C30H30N2O6.C20H22N2O4/c1-19(33)24-7-3-4-8-25(24)28(34)31-20-11-15-22(16-12-20)38-23-17-13-21(14-18-23)32-29(35)26-9-5-6-10-27(26)30(36)37-2;21-13-5-9-15(10-6-13)26-16-11-7-14(8-12-16)22-19(23)17-3-1-2-4-18(17)20(24)25/h3-4,7-8,11-18,26-27H,5-6,9-10H2,1-2H3,(H,31,34)(H,32,35);5-12,17-18H,1-4,21H2,(H,22,23)(H,24,25). The van der Waals surface area contributed by atoms with E-state index in [-0.39, 0.29) is 29.5 Å². The Morgan fingerprint density at radius 2 is 0.891 bits per heavy atom. The summed E-state index contributed by atoms with van der Waals surface area (Å²) in [6, 6.07) is 34.5. The molecule has 3 amide bonds. The minimum Gasteiger partial charge on any atom is -0.481 e. The van der Waals surface area contributed by atoms with Crippen molar-refractivity contribution in [3.63, 3.8) is 0 Å². The third kappa shape index (κ3) is 12.6. The van der Waals surface area contributed by atoms with Gasteiger partial charge in [-0.3, -0.25) is 28.8 Å². The molecule has 2 aliphatic carbocycles. The summed E-state index contributed by atoms with van der Waals surface area (Å²) in [5, 5.41) is 17.8. The second kappa shape index (κ2) is 22.0. The Morgan fingerprint density at radius 1 is 0.516 bits per heavy atom. The van der Waals surface area contributed by atoms with E-state index in [1.165, 1.54) is 14.0 Å². The van der Waals surface area contributed by atoms with Gasteiger partial charge >= 0.3 is 11.9 Å². The molecule has 0 bridgehead atoms. The van der Waals surface area contributed by atoms with Gasteiger partial charge in [0, 0.05) is 28.3 Å². The monoisotopic (exact) mass is 868 g/mol. The number of anilines is 4. The summed E-state index contributed by atoms with van der Waals surface area (Å²) in [5.41, 5.74) is 8.79. The van der Waals surface area contributed by atoms with Crippen LogP contribution in [-0.2, 0) is 23.9 Å². The van der Waals surface area contributed by atoms with Gasteiger partial charge in [0.05, 0.1) is 36.3 Å². The number of carbonyl (C=O) groups excluding carboxylic acids is 5. The Bertz CT molecular complexity index is 2420. The highest BCUT2D eigenvalue weighted by atomic mass is 16.5. The number of Topliss-reactive ketones (excluding diaryl/α,β-unsaturated/α-hetero) is 1. The fourth-order valence-corrected chi connectivity index (χ4v) is 7.90. The molecule has 0 spiro atoms. The predicted octanol–water partition coefficient (Wildman–Crippen LogP) is 9.74. The van der Waals surface area contributed by atoms with Crippen molar-refractivity contribution in [1.29, 1.82) is 0 Å². The number of hydrogen-bond donors (Lipinski definition) is 5. The van der Waals surface area contributed by atoms with Gasteiger partial charge < -0.3 is 41.0 Å². The molecule has 64 heavy (non-hydrogen) atoms. The predicted molar refractivity (Wildman–Crippen MR) is 243 cm³/mol. The highest BCUT2D eigenvalue weighted by molar-refractivity contribution is 6.12. The van der Waals surface area contributed by atoms with Crippen molar-refractivity contribution in [3.8, 4) is 23.0 Å². The van der Waals surface area contributed by atoms with Gasteiger partial charge in [-0.25, -0.2) is 0 Å². The molecule has 14 nitrogen and oxygen atoms in total. The Kier molecular flexibility index (Phi) is 15.9. The van der Waals surface area contributed by atoms with Gasteiger partial charge in [0.15, 0.2) is 5.78 Å². The van der Waals surface area contributed by atoms with Crippen LogP contribution in [0.2, 0.25) is 0 Å². The van der Waals surface area contributed by atoms with Crippen LogP contribution in [0.3, 0.4) is 0 Å². The maximum Gasteiger partial charge on any atom is 0.309 e. The molecule has 2 aliphatic rings. The molecule has 4 atom stereocenters. The van der Waals surface area contributed by atoms with Gasteiger partial charge in [-0.05, 0) is 136 Å². The number of carboxylic acid groups (broad SMARTS) is 1. The average molecular weight is 869 g/mol. The molecule has 14 heteroatoms. The van der Waals surface area contributed by atoms with E-state index >= 15 is 0 Å². The number of carboxylic acids is 1. The number of nitrogens with one attached hydrogen (secondary N) is 3. The van der Waals surface area contributed by atoms with Crippen LogP contribution in [0, 0.1) is 23.7 Å². The van der Waals surface area contributed by atoms with Crippen LogP contribution in [0.5, 0.6) is 23.0 Å². The largest absolute Gasteiger partial charge is 0.481 e. The first-order valence-electron chi connectivity index (χ1n) is 21.2. The van der Waals surface area contributed by atoms with Crippen molar-refractivity contribution in [2.24, 2.45) is 23.7 Å². The molecule has 0 radical (unpaired) electrons. The molecule has 7 rings (SSSR count). The van der Waals surface area contributed by atoms with Crippen LogP contribution < -0.4 is 31.2 Å². The van der Waals surface area contributed by atoms with E-state index in [1.807, 2.05) is 0 Å². The number of carbonyl (C=O) groups is 6. The van der Waals surface area contributed by atoms with Crippen molar-refractivity contribution < 1.29 is 48.1 Å². The van der Waals surface area contributed by atoms with Crippen molar-refractivity contribution in [2.75, 3.05) is 28.8 Å². The summed E-state index contributed by atoms with van der Waals surface area (Å²) in [6.45, 7) is 1.43. The van der Waals surface area contributed by atoms with Crippen LogP contribution >= 0.6 is 0 Å². The van der Waals surface area contributed by atoms with Gasteiger partial charge in [-0.1, -0.05) is 43.9 Å². The molecule has 6 N–H and O–H groups in total. The fourth-order valence-electron chi connectivity index (χ4n) is 7.90. The Hall–Kier alpha value is -7.48. The molecule has 0 heterocycles. The topological polar surface area (TPSA) is 212 Å². The minimum absolute atomic E-state index is 0.176. The number of nitrogen functional groups attached to an aromatic ring is 1. The normalized spacial score (nSPS) is 17.8. The molecule has 0 aliphatic heterocycles. The zero-order valence-electron chi connectivity index (χ0n) is 35.7. The lowest BCUT2D eigenvalue weighted by atomic mass is 9.78. The molecular weight excluding hydrogens is 817 g/mol. The number of ketones is 1. The van der Waals surface area contributed by atoms with Crippen molar-refractivity contribution >= 4 is 58.2 Å². The van der Waals surface area contributed by atoms with Crippen molar-refractivity contribution in [1.82, 2.24) is 0 Å². The Balaban J connectivity index is 0.000000228. The molecule has 5 aromatic carbocycles. The molecule has 2 fully saturated rings. The van der Waals surface area contributed by atoms with Crippen molar-refractivity contribution in [2.45, 2.75) is 58.3 Å². The number of aliphatic carboxylic acids is 1. The summed E-state index contributed by atoms with van der Waals surface area (Å²) in [4.78, 5) is 73.2.